The topological polar surface area (TPSA) is 128 Å². The fourth-order valence-corrected chi connectivity index (χ4v) is 4.45. The predicted molar refractivity (Wildman–Crippen MR) is 155 cm³/mol. The van der Waals surface area contributed by atoms with Gasteiger partial charge in [0.25, 0.3) is 11.8 Å². The molecule has 2 aromatic heterocycles. The molecule has 6 rings (SSSR count). The lowest BCUT2D eigenvalue weighted by Crippen LogP contribution is -2.37. The third-order valence-corrected chi connectivity index (χ3v) is 7.15. The van der Waals surface area contributed by atoms with Crippen LogP contribution in [0.4, 0.5) is 5.95 Å². The standard InChI is InChI=1S/C32H31N5O5/c1-32(2,30(38)39)40-26-16-10-21(11-17-26)18-19-37(31-34-29(42-36-31)24-6-4-3-5-7-24)20-22-8-12-23(13-9-22)27-33-28(41-35-27)25-14-15-25/h3-13,16-17,25H,14-15,18-20H2,1-2H3,(H,38,39). The van der Waals surface area contributed by atoms with Crippen molar-refractivity contribution in [1.82, 2.24) is 20.3 Å². The highest BCUT2D eigenvalue weighted by molar-refractivity contribution is 5.76. The van der Waals surface area contributed by atoms with Crippen molar-refractivity contribution in [2.24, 2.45) is 0 Å². The Labute approximate surface area is 243 Å². The van der Waals surface area contributed by atoms with Gasteiger partial charge in [-0.25, -0.2) is 4.79 Å². The smallest absolute Gasteiger partial charge is 0.347 e. The maximum Gasteiger partial charge on any atom is 0.347 e. The van der Waals surface area contributed by atoms with E-state index in [4.69, 9.17) is 18.8 Å². The molecule has 0 atom stereocenters. The number of hydrogen-bond donors (Lipinski definition) is 1. The summed E-state index contributed by atoms with van der Waals surface area (Å²) in [6.45, 7) is 4.22. The van der Waals surface area contributed by atoms with E-state index in [-0.39, 0.29) is 0 Å². The second-order valence-corrected chi connectivity index (χ2v) is 10.9. The van der Waals surface area contributed by atoms with Crippen LogP contribution < -0.4 is 9.64 Å². The van der Waals surface area contributed by atoms with Crippen molar-refractivity contribution in [1.29, 1.82) is 0 Å². The lowest BCUT2D eigenvalue weighted by Gasteiger charge is -2.22. The summed E-state index contributed by atoms with van der Waals surface area (Å²) >= 11 is 0. The second kappa shape index (κ2) is 11.5. The van der Waals surface area contributed by atoms with E-state index in [9.17, 15) is 9.90 Å². The first-order chi connectivity index (χ1) is 20.3. The molecule has 0 spiro atoms. The molecule has 1 aliphatic rings. The highest BCUT2D eigenvalue weighted by Gasteiger charge is 2.30. The highest BCUT2D eigenvalue weighted by Crippen LogP contribution is 2.39. The molecule has 0 aliphatic heterocycles. The number of benzene rings is 3. The highest BCUT2D eigenvalue weighted by atomic mass is 16.5. The van der Waals surface area contributed by atoms with Gasteiger partial charge in [-0.2, -0.15) is 9.97 Å². The maximum absolute atomic E-state index is 11.4. The molecule has 10 nitrogen and oxygen atoms in total. The van der Waals surface area contributed by atoms with Gasteiger partial charge < -0.3 is 23.8 Å². The number of carboxylic acid groups (broad SMARTS) is 1. The summed E-state index contributed by atoms with van der Waals surface area (Å²) in [6, 6.07) is 25.2. The van der Waals surface area contributed by atoms with Crippen LogP contribution in [0, 0.1) is 0 Å². The summed E-state index contributed by atoms with van der Waals surface area (Å²) in [5, 5.41) is 17.8. The zero-order chi connectivity index (χ0) is 29.1. The van der Waals surface area contributed by atoms with Crippen molar-refractivity contribution in [3.8, 4) is 28.6 Å². The van der Waals surface area contributed by atoms with Gasteiger partial charge in [-0.05, 0) is 73.7 Å². The van der Waals surface area contributed by atoms with Gasteiger partial charge in [0, 0.05) is 30.1 Å². The first-order valence-corrected chi connectivity index (χ1v) is 13.9. The van der Waals surface area contributed by atoms with E-state index in [0.29, 0.717) is 48.8 Å². The number of aliphatic carboxylic acids is 1. The van der Waals surface area contributed by atoms with Crippen molar-refractivity contribution in [3.05, 3.63) is 95.9 Å². The molecular formula is C32H31N5O5. The lowest BCUT2D eigenvalue weighted by atomic mass is 10.1. The minimum Gasteiger partial charge on any atom is -0.478 e. The molecule has 0 radical (unpaired) electrons. The third kappa shape index (κ3) is 6.33. The van der Waals surface area contributed by atoms with E-state index >= 15 is 0 Å². The first-order valence-electron chi connectivity index (χ1n) is 13.9. The Kier molecular flexibility index (Phi) is 7.43. The monoisotopic (exact) mass is 565 g/mol. The van der Waals surface area contributed by atoms with E-state index in [0.717, 1.165) is 41.0 Å². The Balaban J connectivity index is 1.18. The predicted octanol–water partition coefficient (Wildman–Crippen LogP) is 6.16. The molecule has 10 heteroatoms. The van der Waals surface area contributed by atoms with Crippen molar-refractivity contribution in [3.63, 3.8) is 0 Å². The summed E-state index contributed by atoms with van der Waals surface area (Å²) in [6.07, 6.45) is 2.92. The molecular weight excluding hydrogens is 534 g/mol. The van der Waals surface area contributed by atoms with E-state index < -0.39 is 11.6 Å². The fourth-order valence-electron chi connectivity index (χ4n) is 4.45. The summed E-state index contributed by atoms with van der Waals surface area (Å²) in [5.74, 6) is 2.16. The van der Waals surface area contributed by atoms with Gasteiger partial charge in [-0.3, -0.25) is 0 Å². The number of hydrogen-bond acceptors (Lipinski definition) is 9. The molecule has 42 heavy (non-hydrogen) atoms. The molecule has 0 unspecified atom stereocenters. The molecule has 0 amide bonds. The van der Waals surface area contributed by atoms with Crippen LogP contribution in [0.2, 0.25) is 0 Å². The van der Waals surface area contributed by atoms with Crippen LogP contribution in [0.1, 0.15) is 49.6 Å². The van der Waals surface area contributed by atoms with Crippen molar-refractivity contribution >= 4 is 11.9 Å². The number of nitrogens with zero attached hydrogens (tertiary/aromatic N) is 5. The number of rotatable bonds is 12. The van der Waals surface area contributed by atoms with E-state index in [2.05, 4.69) is 20.2 Å². The Bertz CT molecular complexity index is 1640. The van der Waals surface area contributed by atoms with Crippen LogP contribution in [0.5, 0.6) is 5.75 Å². The summed E-state index contributed by atoms with van der Waals surface area (Å²) in [4.78, 5) is 22.7. The van der Waals surface area contributed by atoms with Crippen LogP contribution in [-0.4, -0.2) is 43.5 Å². The minimum atomic E-state index is -1.31. The van der Waals surface area contributed by atoms with E-state index in [1.807, 2.05) is 66.7 Å². The van der Waals surface area contributed by atoms with Gasteiger partial charge in [0.1, 0.15) is 5.75 Å². The Morgan fingerprint density at radius 2 is 1.62 bits per heavy atom. The third-order valence-electron chi connectivity index (χ3n) is 7.15. The molecule has 214 valence electrons. The van der Waals surface area contributed by atoms with Gasteiger partial charge in [0.15, 0.2) is 5.60 Å². The maximum atomic E-state index is 11.4. The lowest BCUT2D eigenvalue weighted by molar-refractivity contribution is -0.152. The van der Waals surface area contributed by atoms with Crippen molar-refractivity contribution < 1.29 is 23.7 Å². The van der Waals surface area contributed by atoms with Crippen LogP contribution >= 0.6 is 0 Å². The minimum absolute atomic E-state index is 0.412. The zero-order valence-corrected chi connectivity index (χ0v) is 23.4. The van der Waals surface area contributed by atoms with Crippen LogP contribution in [-0.2, 0) is 17.8 Å². The number of anilines is 1. The van der Waals surface area contributed by atoms with Crippen LogP contribution in [0.15, 0.2) is 87.9 Å². The van der Waals surface area contributed by atoms with Gasteiger partial charge in [-0.15, -0.1) is 0 Å². The van der Waals surface area contributed by atoms with Gasteiger partial charge in [-0.1, -0.05) is 59.8 Å². The average molecular weight is 566 g/mol. The van der Waals surface area contributed by atoms with Crippen molar-refractivity contribution in [2.75, 3.05) is 11.4 Å². The molecule has 0 saturated heterocycles. The zero-order valence-electron chi connectivity index (χ0n) is 23.4. The molecule has 1 aliphatic carbocycles. The number of carboxylic acids is 1. The van der Waals surface area contributed by atoms with Gasteiger partial charge in [0.2, 0.25) is 11.7 Å². The Hall–Kier alpha value is -4.99. The van der Waals surface area contributed by atoms with E-state index in [1.54, 1.807) is 12.1 Å². The van der Waals surface area contributed by atoms with Crippen molar-refractivity contribution in [2.45, 2.75) is 51.2 Å². The van der Waals surface area contributed by atoms with Crippen LogP contribution in [0.25, 0.3) is 22.8 Å². The fraction of sp³-hybridized carbons (Fsp3) is 0.281. The average Bonchev–Trinajstić information content (AvgIpc) is 3.52. The normalized spacial score (nSPS) is 13.2. The molecule has 1 saturated carbocycles. The van der Waals surface area contributed by atoms with Gasteiger partial charge in [0.05, 0.1) is 0 Å². The first kappa shape index (κ1) is 27.2. The SMILES string of the molecule is CC(C)(Oc1ccc(CCN(Cc2ccc(-c3noc(C4CC4)n3)cc2)c2noc(-c3ccccc3)n2)cc1)C(=O)O. The largest absolute Gasteiger partial charge is 0.478 e. The summed E-state index contributed by atoms with van der Waals surface area (Å²) in [5.41, 5.74) is 2.57. The molecule has 3 aromatic carbocycles. The number of aromatic nitrogens is 4. The van der Waals surface area contributed by atoms with Crippen LogP contribution in [0.3, 0.4) is 0 Å². The Morgan fingerprint density at radius 1 is 0.905 bits per heavy atom. The molecule has 1 fully saturated rings. The summed E-state index contributed by atoms with van der Waals surface area (Å²) in [7, 11) is 0. The van der Waals surface area contributed by atoms with Gasteiger partial charge >= 0.3 is 5.97 Å². The molecule has 0 bridgehead atoms. The summed E-state index contributed by atoms with van der Waals surface area (Å²) < 4.78 is 16.7. The van der Waals surface area contributed by atoms with E-state index in [1.165, 1.54) is 13.8 Å². The molecule has 5 aromatic rings. The quantitative estimate of drug-likeness (QED) is 0.188. The second-order valence-electron chi connectivity index (χ2n) is 10.9. The number of carbonyl (C=O) groups is 1. The number of ether oxygens (including phenoxy) is 1. The molecule has 1 N–H and O–H groups in total. The Morgan fingerprint density at radius 3 is 2.31 bits per heavy atom. The molecule has 2 heterocycles.